The molecule has 4 nitrogen and oxygen atoms in total. The number of benzene rings is 1. The molecule has 5 fully saturated rings. The molecule has 0 unspecified atom stereocenters. The second-order valence-corrected chi connectivity index (χ2v) is 8.57. The van der Waals surface area contributed by atoms with Gasteiger partial charge in [0.15, 0.2) is 11.6 Å². The zero-order valence-corrected chi connectivity index (χ0v) is 14.8. The van der Waals surface area contributed by atoms with Crippen LogP contribution in [0.2, 0.25) is 0 Å². The van der Waals surface area contributed by atoms with Crippen LogP contribution in [-0.2, 0) is 4.79 Å². The predicted molar refractivity (Wildman–Crippen MR) is 93.5 cm³/mol. The minimum atomic E-state index is -0.811. The lowest BCUT2D eigenvalue weighted by Gasteiger charge is -2.52. The number of carbonyl (C=O) groups is 1. The maximum atomic E-state index is 14.6. The molecule has 1 saturated carbocycles. The summed E-state index contributed by atoms with van der Waals surface area (Å²) in [6.45, 7) is 2.41. The van der Waals surface area contributed by atoms with Gasteiger partial charge < -0.3 is 10.6 Å². The minimum Gasteiger partial charge on any atom is -0.336 e. The maximum absolute atomic E-state index is 14.6. The number of piperidine rings is 3. The zero-order valence-electron chi connectivity index (χ0n) is 14.8. The standard InChI is InChI=1S/C20H25F2N3O/c21-15-4-1-3-13(16(15)22)14-11-25(19(26)20(23)7-2-8-20)17-12-5-9-24(10-6-12)18(14)17/h1,3-4,12,14,17-18H,2,5-11,23H2/t14-,17+,18+/m1/s1. The molecule has 4 heterocycles. The molecule has 1 amide bonds. The molecule has 1 aliphatic carbocycles. The summed E-state index contributed by atoms with van der Waals surface area (Å²) in [5, 5.41) is 0. The number of rotatable bonds is 2. The lowest BCUT2D eigenvalue weighted by atomic mass is 9.74. The second kappa shape index (κ2) is 5.73. The molecule has 26 heavy (non-hydrogen) atoms. The Labute approximate surface area is 152 Å². The predicted octanol–water partition coefficient (Wildman–Crippen LogP) is 2.23. The van der Waals surface area contributed by atoms with Crippen LogP contribution >= 0.6 is 0 Å². The van der Waals surface area contributed by atoms with Crippen LogP contribution in [0.15, 0.2) is 18.2 Å². The van der Waals surface area contributed by atoms with E-state index < -0.39 is 17.2 Å². The Morgan fingerprint density at radius 1 is 1.15 bits per heavy atom. The first-order chi connectivity index (χ1) is 12.5. The van der Waals surface area contributed by atoms with Gasteiger partial charge >= 0.3 is 0 Å². The second-order valence-electron chi connectivity index (χ2n) is 8.57. The van der Waals surface area contributed by atoms with Gasteiger partial charge in [-0.1, -0.05) is 12.1 Å². The van der Waals surface area contributed by atoms with E-state index in [0.717, 1.165) is 51.3 Å². The van der Waals surface area contributed by atoms with Crippen LogP contribution in [0.3, 0.4) is 0 Å². The topological polar surface area (TPSA) is 49.6 Å². The summed E-state index contributed by atoms with van der Waals surface area (Å²) in [7, 11) is 0. The maximum Gasteiger partial charge on any atom is 0.242 e. The monoisotopic (exact) mass is 361 g/mol. The van der Waals surface area contributed by atoms with Gasteiger partial charge in [-0.2, -0.15) is 0 Å². The average molecular weight is 361 g/mol. The molecule has 1 aromatic rings. The summed E-state index contributed by atoms with van der Waals surface area (Å²) in [6, 6.07) is 4.56. The first kappa shape index (κ1) is 16.6. The molecular formula is C20H25F2N3O. The van der Waals surface area contributed by atoms with Gasteiger partial charge in [-0.05, 0) is 62.7 Å². The molecule has 2 N–H and O–H groups in total. The van der Waals surface area contributed by atoms with Gasteiger partial charge in [-0.15, -0.1) is 0 Å². The van der Waals surface area contributed by atoms with E-state index in [1.165, 1.54) is 0 Å². The molecule has 0 radical (unpaired) electrons. The number of carbonyl (C=O) groups excluding carboxylic acids is 1. The summed E-state index contributed by atoms with van der Waals surface area (Å²) in [5.74, 6) is -1.30. The van der Waals surface area contributed by atoms with Gasteiger partial charge in [0.2, 0.25) is 5.91 Å². The molecule has 3 atom stereocenters. The van der Waals surface area contributed by atoms with E-state index in [1.54, 1.807) is 12.1 Å². The highest BCUT2D eigenvalue weighted by atomic mass is 19.2. The van der Waals surface area contributed by atoms with Crippen molar-refractivity contribution in [2.45, 2.75) is 55.6 Å². The highest BCUT2D eigenvalue weighted by Gasteiger charge is 2.57. The lowest BCUT2D eigenvalue weighted by Crippen LogP contribution is -2.65. The molecule has 140 valence electrons. The highest BCUT2D eigenvalue weighted by molar-refractivity contribution is 5.88. The van der Waals surface area contributed by atoms with E-state index in [2.05, 4.69) is 4.90 Å². The smallest absolute Gasteiger partial charge is 0.242 e. The number of nitrogens with zero attached hydrogens (tertiary/aromatic N) is 2. The number of amides is 1. The third-order valence-electron chi connectivity index (χ3n) is 7.31. The molecule has 6 heteroatoms. The summed E-state index contributed by atoms with van der Waals surface area (Å²) >= 11 is 0. The molecule has 2 bridgehead atoms. The van der Waals surface area contributed by atoms with Crippen LogP contribution < -0.4 is 5.73 Å². The van der Waals surface area contributed by atoms with Crippen molar-refractivity contribution >= 4 is 5.91 Å². The van der Waals surface area contributed by atoms with Gasteiger partial charge in [0, 0.05) is 18.5 Å². The average Bonchev–Trinajstić information content (AvgIpc) is 3.05. The van der Waals surface area contributed by atoms with Crippen LogP contribution in [0.1, 0.15) is 43.6 Å². The van der Waals surface area contributed by atoms with Crippen molar-refractivity contribution in [1.82, 2.24) is 9.80 Å². The minimum absolute atomic E-state index is 0.0202. The Balaban J connectivity index is 1.54. The van der Waals surface area contributed by atoms with Crippen molar-refractivity contribution in [3.8, 4) is 0 Å². The van der Waals surface area contributed by atoms with Crippen molar-refractivity contribution in [2.75, 3.05) is 19.6 Å². The van der Waals surface area contributed by atoms with Crippen molar-refractivity contribution in [3.05, 3.63) is 35.4 Å². The Morgan fingerprint density at radius 2 is 1.88 bits per heavy atom. The SMILES string of the molecule is NC1(C(=O)N2C[C@H](c3cccc(F)c3F)[C@H]3[C@@H]2C2CCN3CC2)CCC1. The number of nitrogens with two attached hydrogens (primary N) is 1. The van der Waals surface area contributed by atoms with E-state index in [0.29, 0.717) is 18.0 Å². The van der Waals surface area contributed by atoms with Crippen LogP contribution in [0.4, 0.5) is 8.78 Å². The normalized spacial score (nSPS) is 37.3. The first-order valence-corrected chi connectivity index (χ1v) is 9.77. The molecule has 4 aliphatic heterocycles. The molecule has 0 aromatic heterocycles. The van der Waals surface area contributed by atoms with E-state index in [9.17, 15) is 13.6 Å². The molecule has 6 rings (SSSR count). The highest BCUT2D eigenvalue weighted by Crippen LogP contribution is 2.48. The number of fused-ring (bicyclic) bond motifs is 2. The van der Waals surface area contributed by atoms with Gasteiger partial charge in [-0.3, -0.25) is 9.69 Å². The number of likely N-dealkylation sites (tertiary alicyclic amines) is 1. The van der Waals surface area contributed by atoms with E-state index >= 15 is 0 Å². The molecule has 4 saturated heterocycles. The Morgan fingerprint density at radius 3 is 2.54 bits per heavy atom. The fourth-order valence-electron chi connectivity index (χ4n) is 5.79. The molecule has 0 spiro atoms. The largest absolute Gasteiger partial charge is 0.336 e. The van der Waals surface area contributed by atoms with Crippen molar-refractivity contribution in [1.29, 1.82) is 0 Å². The Kier molecular flexibility index (Phi) is 3.67. The summed E-state index contributed by atoms with van der Waals surface area (Å²) in [6.07, 6.45) is 4.59. The van der Waals surface area contributed by atoms with Crippen LogP contribution in [-0.4, -0.2) is 53.0 Å². The van der Waals surface area contributed by atoms with Crippen molar-refractivity contribution in [3.63, 3.8) is 0 Å². The van der Waals surface area contributed by atoms with Crippen molar-refractivity contribution < 1.29 is 13.6 Å². The fraction of sp³-hybridized carbons (Fsp3) is 0.650. The van der Waals surface area contributed by atoms with Crippen molar-refractivity contribution in [2.24, 2.45) is 11.7 Å². The lowest BCUT2D eigenvalue weighted by molar-refractivity contribution is -0.145. The number of hydrogen-bond acceptors (Lipinski definition) is 3. The summed E-state index contributed by atoms with van der Waals surface area (Å²) < 4.78 is 28.4. The third kappa shape index (κ3) is 2.21. The first-order valence-electron chi connectivity index (χ1n) is 9.77. The van der Waals surface area contributed by atoms with E-state index in [4.69, 9.17) is 5.73 Å². The van der Waals surface area contributed by atoms with Gasteiger partial charge in [0.05, 0.1) is 11.6 Å². The van der Waals surface area contributed by atoms with Gasteiger partial charge in [0.25, 0.3) is 0 Å². The van der Waals surface area contributed by atoms with Gasteiger partial charge in [0.1, 0.15) is 0 Å². The van der Waals surface area contributed by atoms with E-state index in [-0.39, 0.29) is 23.9 Å². The molecular weight excluding hydrogens is 336 g/mol. The number of hydrogen-bond donors (Lipinski definition) is 1. The fourth-order valence-corrected chi connectivity index (χ4v) is 5.79. The van der Waals surface area contributed by atoms with E-state index in [1.807, 2.05) is 4.90 Å². The Hall–Kier alpha value is -1.53. The van der Waals surface area contributed by atoms with Gasteiger partial charge in [-0.25, -0.2) is 8.78 Å². The summed E-state index contributed by atoms with van der Waals surface area (Å²) in [5.41, 5.74) is 6.01. The summed E-state index contributed by atoms with van der Waals surface area (Å²) in [4.78, 5) is 17.5. The Bertz CT molecular complexity index is 743. The molecule has 5 aliphatic rings. The third-order valence-corrected chi connectivity index (χ3v) is 7.31. The van der Waals surface area contributed by atoms with Crippen LogP contribution in [0, 0.1) is 17.6 Å². The quantitative estimate of drug-likeness (QED) is 0.879. The molecule has 1 aromatic carbocycles. The van der Waals surface area contributed by atoms with Crippen LogP contribution in [0.5, 0.6) is 0 Å². The number of halogens is 2. The van der Waals surface area contributed by atoms with Crippen LogP contribution in [0.25, 0.3) is 0 Å². The zero-order chi connectivity index (χ0) is 18.1.